The van der Waals surface area contributed by atoms with Gasteiger partial charge in [0.25, 0.3) is 0 Å². The fourth-order valence-corrected chi connectivity index (χ4v) is 1.69. The Morgan fingerprint density at radius 3 is 2.84 bits per heavy atom. The second kappa shape index (κ2) is 5.47. The summed E-state index contributed by atoms with van der Waals surface area (Å²) in [6.07, 6.45) is 2.37. The number of nitro groups is 1. The zero-order valence-corrected chi connectivity index (χ0v) is 10.7. The van der Waals surface area contributed by atoms with E-state index in [1.54, 1.807) is 19.1 Å². The average molecular weight is 262 g/mol. The number of anilines is 1. The van der Waals surface area contributed by atoms with Gasteiger partial charge in [0, 0.05) is 6.54 Å². The maximum Gasteiger partial charge on any atom is 0.319 e. The fraction of sp³-hybridized carbons (Fsp3) is 0.333. The van der Waals surface area contributed by atoms with Gasteiger partial charge in [0.2, 0.25) is 5.95 Å². The molecule has 19 heavy (non-hydrogen) atoms. The molecule has 2 rings (SSSR count). The third-order valence-electron chi connectivity index (χ3n) is 2.53. The quantitative estimate of drug-likeness (QED) is 0.657. The monoisotopic (exact) mass is 262 g/mol. The van der Waals surface area contributed by atoms with Gasteiger partial charge in [-0.25, -0.2) is 9.97 Å². The SMILES string of the molecule is CCCNc1nc(C)c([N+](=O)[O-])c(-c2ccco2)n1. The summed E-state index contributed by atoms with van der Waals surface area (Å²) < 4.78 is 5.20. The van der Waals surface area contributed by atoms with Gasteiger partial charge in [-0.15, -0.1) is 0 Å². The molecule has 2 aromatic rings. The minimum atomic E-state index is -0.489. The van der Waals surface area contributed by atoms with Crippen LogP contribution in [0.3, 0.4) is 0 Å². The van der Waals surface area contributed by atoms with E-state index >= 15 is 0 Å². The summed E-state index contributed by atoms with van der Waals surface area (Å²) in [6.45, 7) is 4.30. The molecule has 0 bridgehead atoms. The molecule has 0 atom stereocenters. The van der Waals surface area contributed by atoms with Gasteiger partial charge in [0.1, 0.15) is 5.69 Å². The molecule has 7 heteroatoms. The van der Waals surface area contributed by atoms with Crippen LogP contribution in [0.4, 0.5) is 11.6 Å². The van der Waals surface area contributed by atoms with Crippen LogP contribution in [-0.2, 0) is 0 Å². The lowest BCUT2D eigenvalue weighted by molar-refractivity contribution is -0.385. The van der Waals surface area contributed by atoms with Gasteiger partial charge in [0.05, 0.1) is 11.2 Å². The second-order valence-corrected chi connectivity index (χ2v) is 3.99. The Labute approximate surface area is 109 Å². The molecule has 0 aliphatic heterocycles. The van der Waals surface area contributed by atoms with Crippen molar-refractivity contribution >= 4 is 11.6 Å². The number of nitrogens with zero attached hydrogens (tertiary/aromatic N) is 3. The minimum absolute atomic E-state index is 0.128. The van der Waals surface area contributed by atoms with E-state index in [1.165, 1.54) is 6.26 Å². The Morgan fingerprint density at radius 2 is 2.26 bits per heavy atom. The summed E-state index contributed by atoms with van der Waals surface area (Å²) >= 11 is 0. The van der Waals surface area contributed by atoms with Gasteiger partial charge in [-0.2, -0.15) is 0 Å². The van der Waals surface area contributed by atoms with E-state index in [0.29, 0.717) is 23.9 Å². The Bertz CT molecular complexity index is 581. The van der Waals surface area contributed by atoms with Crippen molar-refractivity contribution in [2.75, 3.05) is 11.9 Å². The molecule has 0 aliphatic carbocycles. The van der Waals surface area contributed by atoms with E-state index in [9.17, 15) is 10.1 Å². The van der Waals surface area contributed by atoms with E-state index in [2.05, 4.69) is 15.3 Å². The topological polar surface area (TPSA) is 94.1 Å². The number of furan rings is 1. The Balaban J connectivity index is 2.53. The van der Waals surface area contributed by atoms with Crippen LogP contribution in [0.5, 0.6) is 0 Å². The molecule has 2 heterocycles. The maximum absolute atomic E-state index is 11.1. The number of nitrogens with one attached hydrogen (secondary N) is 1. The third kappa shape index (κ3) is 2.70. The maximum atomic E-state index is 11.1. The largest absolute Gasteiger partial charge is 0.462 e. The highest BCUT2D eigenvalue weighted by Gasteiger charge is 2.24. The molecule has 100 valence electrons. The van der Waals surface area contributed by atoms with Crippen molar-refractivity contribution in [1.82, 2.24) is 9.97 Å². The molecular weight excluding hydrogens is 248 g/mol. The van der Waals surface area contributed by atoms with E-state index in [0.717, 1.165) is 6.42 Å². The van der Waals surface area contributed by atoms with Crippen molar-refractivity contribution in [1.29, 1.82) is 0 Å². The molecule has 2 aromatic heterocycles. The summed E-state index contributed by atoms with van der Waals surface area (Å²) in [5.74, 6) is 0.730. The molecule has 0 saturated carbocycles. The van der Waals surface area contributed by atoms with Crippen molar-refractivity contribution in [2.24, 2.45) is 0 Å². The van der Waals surface area contributed by atoms with Crippen LogP contribution in [0.25, 0.3) is 11.5 Å². The van der Waals surface area contributed by atoms with Crippen LogP contribution in [0.1, 0.15) is 19.0 Å². The van der Waals surface area contributed by atoms with Crippen LogP contribution in [0.15, 0.2) is 22.8 Å². The van der Waals surface area contributed by atoms with Crippen LogP contribution < -0.4 is 5.32 Å². The van der Waals surface area contributed by atoms with Crippen LogP contribution in [-0.4, -0.2) is 21.4 Å². The number of rotatable bonds is 5. The Kier molecular flexibility index (Phi) is 3.74. The smallest absolute Gasteiger partial charge is 0.319 e. The minimum Gasteiger partial charge on any atom is -0.462 e. The summed E-state index contributed by atoms with van der Waals surface area (Å²) in [6, 6.07) is 3.30. The predicted molar refractivity (Wildman–Crippen MR) is 69.9 cm³/mol. The lowest BCUT2D eigenvalue weighted by Crippen LogP contribution is -2.08. The molecule has 0 aromatic carbocycles. The first-order valence-electron chi connectivity index (χ1n) is 5.94. The molecular formula is C12H14N4O3. The van der Waals surface area contributed by atoms with Crippen molar-refractivity contribution in [3.63, 3.8) is 0 Å². The summed E-state index contributed by atoms with van der Waals surface area (Å²) in [5, 5.41) is 14.1. The van der Waals surface area contributed by atoms with E-state index in [-0.39, 0.29) is 11.4 Å². The lowest BCUT2D eigenvalue weighted by atomic mass is 10.2. The highest BCUT2D eigenvalue weighted by Crippen LogP contribution is 2.31. The van der Waals surface area contributed by atoms with Crippen molar-refractivity contribution in [3.8, 4) is 11.5 Å². The zero-order valence-electron chi connectivity index (χ0n) is 10.7. The first-order valence-corrected chi connectivity index (χ1v) is 5.94. The number of aromatic nitrogens is 2. The first kappa shape index (κ1) is 13.0. The highest BCUT2D eigenvalue weighted by molar-refractivity contribution is 5.67. The van der Waals surface area contributed by atoms with Crippen molar-refractivity contribution in [2.45, 2.75) is 20.3 Å². The standard InChI is InChI=1S/C12H14N4O3/c1-3-6-13-12-14-8(2)11(16(17)18)10(15-12)9-5-4-7-19-9/h4-5,7H,3,6H2,1-2H3,(H,13,14,15). The predicted octanol–water partition coefficient (Wildman–Crippen LogP) is 2.78. The zero-order chi connectivity index (χ0) is 13.8. The van der Waals surface area contributed by atoms with Gasteiger partial charge in [-0.1, -0.05) is 6.92 Å². The third-order valence-corrected chi connectivity index (χ3v) is 2.53. The van der Waals surface area contributed by atoms with E-state index in [4.69, 9.17) is 4.42 Å². The van der Waals surface area contributed by atoms with Gasteiger partial charge < -0.3 is 9.73 Å². The molecule has 0 saturated heterocycles. The molecule has 7 nitrogen and oxygen atoms in total. The van der Waals surface area contributed by atoms with Crippen LogP contribution >= 0.6 is 0 Å². The number of aryl methyl sites for hydroxylation is 1. The lowest BCUT2D eigenvalue weighted by Gasteiger charge is -2.07. The number of hydrogen-bond acceptors (Lipinski definition) is 6. The van der Waals surface area contributed by atoms with Crippen molar-refractivity contribution in [3.05, 3.63) is 34.2 Å². The van der Waals surface area contributed by atoms with E-state index < -0.39 is 4.92 Å². The Hall–Kier alpha value is -2.44. The van der Waals surface area contributed by atoms with Gasteiger partial charge in [0.15, 0.2) is 11.5 Å². The molecule has 0 aliphatic rings. The molecule has 0 unspecified atom stereocenters. The molecule has 0 fully saturated rings. The highest BCUT2D eigenvalue weighted by atomic mass is 16.6. The summed E-state index contributed by atoms with van der Waals surface area (Å²) in [5.41, 5.74) is 0.378. The van der Waals surface area contributed by atoms with E-state index in [1.807, 2.05) is 6.92 Å². The van der Waals surface area contributed by atoms with Crippen LogP contribution in [0.2, 0.25) is 0 Å². The normalized spacial score (nSPS) is 10.4. The van der Waals surface area contributed by atoms with Gasteiger partial charge >= 0.3 is 5.69 Å². The molecule has 1 N–H and O–H groups in total. The number of hydrogen-bond donors (Lipinski definition) is 1. The van der Waals surface area contributed by atoms with Gasteiger partial charge in [-0.05, 0) is 25.5 Å². The van der Waals surface area contributed by atoms with Crippen LogP contribution in [0, 0.1) is 17.0 Å². The first-order chi connectivity index (χ1) is 9.13. The Morgan fingerprint density at radius 1 is 1.47 bits per heavy atom. The van der Waals surface area contributed by atoms with Crippen molar-refractivity contribution < 1.29 is 9.34 Å². The molecule has 0 amide bonds. The summed E-state index contributed by atoms with van der Waals surface area (Å²) in [4.78, 5) is 18.9. The summed E-state index contributed by atoms with van der Waals surface area (Å²) in [7, 11) is 0. The molecule has 0 radical (unpaired) electrons. The van der Waals surface area contributed by atoms with Gasteiger partial charge in [-0.3, -0.25) is 10.1 Å². The molecule has 0 spiro atoms. The second-order valence-electron chi connectivity index (χ2n) is 3.99. The average Bonchev–Trinajstić information content (AvgIpc) is 2.88. The fourth-order valence-electron chi connectivity index (χ4n) is 1.69.